The number of hydrazone groups is 1. The highest BCUT2D eigenvalue weighted by Gasteiger charge is 2.15. The fraction of sp³-hybridized carbons (Fsp3) is 0.0370. The number of esters is 1. The number of fused-ring (bicyclic) bond motifs is 1. The maximum Gasteiger partial charge on any atom is 0.343 e. The number of para-hydroxylation sites is 1. The minimum absolute atomic E-state index is 0.247. The topological polar surface area (TPSA) is 106 Å². The second kappa shape index (κ2) is 10.8. The van der Waals surface area contributed by atoms with Crippen LogP contribution in [0.25, 0.3) is 10.8 Å². The average molecular weight is 467 g/mol. The minimum atomic E-state index is -0.942. The lowest BCUT2D eigenvalue weighted by molar-refractivity contribution is -0.136. The largest absolute Gasteiger partial charge is 0.497 e. The predicted octanol–water partition coefficient (Wildman–Crippen LogP) is 4.16. The summed E-state index contributed by atoms with van der Waals surface area (Å²) in [5, 5.41) is 8.04. The normalized spacial score (nSPS) is 10.7. The third-order valence-electron chi connectivity index (χ3n) is 5.06. The lowest BCUT2D eigenvalue weighted by atomic mass is 10.0. The highest BCUT2D eigenvalue weighted by atomic mass is 16.5. The summed E-state index contributed by atoms with van der Waals surface area (Å²) in [5.41, 5.74) is 3.50. The molecule has 0 aliphatic carbocycles. The van der Waals surface area contributed by atoms with E-state index < -0.39 is 17.8 Å². The SMILES string of the molecule is COc1ccc(C(=O)Oc2ccc3ccccc3c2/C=N/NC(=O)C(=O)Nc2ccccc2)cc1. The molecule has 0 fully saturated rings. The van der Waals surface area contributed by atoms with Gasteiger partial charge in [0.25, 0.3) is 0 Å². The molecule has 35 heavy (non-hydrogen) atoms. The standard InChI is InChI=1S/C27H21N3O5/c1-34-21-14-11-19(12-15-21)27(33)35-24-16-13-18-7-5-6-10-22(18)23(24)17-28-30-26(32)25(31)29-20-8-3-2-4-9-20/h2-17H,1H3,(H,29,31)(H,30,32)/b28-17+. The van der Waals surface area contributed by atoms with Crippen molar-refractivity contribution in [2.24, 2.45) is 5.10 Å². The van der Waals surface area contributed by atoms with Crippen molar-refractivity contribution in [1.82, 2.24) is 5.43 Å². The number of nitrogens with one attached hydrogen (secondary N) is 2. The summed E-state index contributed by atoms with van der Waals surface area (Å²) in [7, 11) is 1.54. The van der Waals surface area contributed by atoms with Crippen LogP contribution in [0.2, 0.25) is 0 Å². The molecule has 0 bridgehead atoms. The van der Waals surface area contributed by atoms with Crippen LogP contribution in [-0.4, -0.2) is 31.1 Å². The van der Waals surface area contributed by atoms with Crippen molar-refractivity contribution in [2.45, 2.75) is 0 Å². The molecular formula is C27H21N3O5. The summed E-state index contributed by atoms with van der Waals surface area (Å²) < 4.78 is 10.7. The predicted molar refractivity (Wildman–Crippen MR) is 133 cm³/mol. The molecule has 4 rings (SSSR count). The maximum atomic E-state index is 12.7. The Kier molecular flexibility index (Phi) is 7.13. The van der Waals surface area contributed by atoms with Crippen molar-refractivity contribution >= 4 is 40.5 Å². The molecule has 0 atom stereocenters. The van der Waals surface area contributed by atoms with Gasteiger partial charge in [-0.15, -0.1) is 0 Å². The first-order valence-electron chi connectivity index (χ1n) is 10.6. The third-order valence-corrected chi connectivity index (χ3v) is 5.06. The number of carbonyl (C=O) groups excluding carboxylic acids is 3. The molecule has 0 heterocycles. The Morgan fingerprint density at radius 3 is 2.26 bits per heavy atom. The smallest absolute Gasteiger partial charge is 0.343 e. The van der Waals surface area contributed by atoms with E-state index in [9.17, 15) is 14.4 Å². The first-order valence-corrected chi connectivity index (χ1v) is 10.6. The maximum absolute atomic E-state index is 12.7. The second-order valence-electron chi connectivity index (χ2n) is 7.34. The molecule has 8 nitrogen and oxygen atoms in total. The number of hydrogen-bond donors (Lipinski definition) is 2. The van der Waals surface area contributed by atoms with E-state index in [0.29, 0.717) is 22.6 Å². The van der Waals surface area contributed by atoms with Crippen molar-refractivity contribution < 1.29 is 23.9 Å². The van der Waals surface area contributed by atoms with Gasteiger partial charge in [-0.05, 0) is 53.2 Å². The van der Waals surface area contributed by atoms with Gasteiger partial charge in [0.05, 0.1) is 18.9 Å². The monoisotopic (exact) mass is 467 g/mol. The second-order valence-corrected chi connectivity index (χ2v) is 7.34. The van der Waals surface area contributed by atoms with Gasteiger partial charge in [-0.3, -0.25) is 9.59 Å². The van der Waals surface area contributed by atoms with Crippen LogP contribution in [0.1, 0.15) is 15.9 Å². The zero-order valence-electron chi connectivity index (χ0n) is 18.7. The zero-order valence-corrected chi connectivity index (χ0v) is 18.7. The highest BCUT2D eigenvalue weighted by Crippen LogP contribution is 2.27. The molecule has 4 aromatic rings. The number of carbonyl (C=O) groups is 3. The van der Waals surface area contributed by atoms with Gasteiger partial charge in [0.2, 0.25) is 0 Å². The quantitative estimate of drug-likeness (QED) is 0.146. The van der Waals surface area contributed by atoms with Gasteiger partial charge in [-0.2, -0.15) is 5.10 Å². The lowest BCUT2D eigenvalue weighted by Crippen LogP contribution is -2.32. The molecule has 0 saturated carbocycles. The van der Waals surface area contributed by atoms with E-state index in [0.717, 1.165) is 10.8 Å². The van der Waals surface area contributed by atoms with Gasteiger partial charge in [-0.25, -0.2) is 10.2 Å². The molecule has 0 spiro atoms. The molecule has 0 aliphatic rings. The van der Waals surface area contributed by atoms with Gasteiger partial charge in [0, 0.05) is 11.3 Å². The van der Waals surface area contributed by atoms with Crippen molar-refractivity contribution in [2.75, 3.05) is 12.4 Å². The minimum Gasteiger partial charge on any atom is -0.497 e. The summed E-state index contributed by atoms with van der Waals surface area (Å²) in [6.07, 6.45) is 1.34. The van der Waals surface area contributed by atoms with Crippen LogP contribution >= 0.6 is 0 Å². The number of anilines is 1. The Morgan fingerprint density at radius 2 is 1.51 bits per heavy atom. The number of ether oxygens (including phenoxy) is 2. The first kappa shape index (κ1) is 23.2. The number of hydrogen-bond acceptors (Lipinski definition) is 6. The summed E-state index contributed by atoms with van der Waals surface area (Å²) in [4.78, 5) is 37.0. The van der Waals surface area contributed by atoms with Crippen LogP contribution in [0.3, 0.4) is 0 Å². The van der Waals surface area contributed by atoms with Gasteiger partial charge < -0.3 is 14.8 Å². The highest BCUT2D eigenvalue weighted by molar-refractivity contribution is 6.39. The van der Waals surface area contributed by atoms with E-state index in [-0.39, 0.29) is 5.75 Å². The van der Waals surface area contributed by atoms with Crippen LogP contribution < -0.4 is 20.2 Å². The van der Waals surface area contributed by atoms with Crippen LogP contribution in [-0.2, 0) is 9.59 Å². The Labute approximate surface area is 201 Å². The van der Waals surface area contributed by atoms with Crippen LogP contribution in [0.5, 0.6) is 11.5 Å². The molecular weight excluding hydrogens is 446 g/mol. The molecule has 2 N–H and O–H groups in total. The molecule has 174 valence electrons. The molecule has 0 aromatic heterocycles. The lowest BCUT2D eigenvalue weighted by Gasteiger charge is -2.11. The van der Waals surface area contributed by atoms with Gasteiger partial charge in [-0.1, -0.05) is 48.5 Å². The Morgan fingerprint density at radius 1 is 0.800 bits per heavy atom. The average Bonchev–Trinajstić information content (AvgIpc) is 2.90. The van der Waals surface area contributed by atoms with Crippen LogP contribution in [0.15, 0.2) is 96.1 Å². The summed E-state index contributed by atoms with van der Waals surface area (Å²) in [6.45, 7) is 0. The Balaban J connectivity index is 1.54. The molecule has 0 saturated heterocycles. The molecule has 2 amide bonds. The van der Waals surface area contributed by atoms with E-state index in [1.54, 1.807) is 60.7 Å². The Bertz CT molecular complexity index is 1400. The molecule has 8 heteroatoms. The summed E-state index contributed by atoms with van der Waals surface area (Å²) >= 11 is 0. The number of benzene rings is 4. The van der Waals surface area contributed by atoms with Crippen molar-refractivity contribution in [1.29, 1.82) is 0 Å². The number of amides is 2. The summed E-state index contributed by atoms with van der Waals surface area (Å²) in [5.74, 6) is -1.51. The fourth-order valence-corrected chi connectivity index (χ4v) is 3.30. The number of methoxy groups -OCH3 is 1. The van der Waals surface area contributed by atoms with Crippen molar-refractivity contribution in [3.8, 4) is 11.5 Å². The van der Waals surface area contributed by atoms with E-state index in [2.05, 4.69) is 15.8 Å². The number of nitrogens with zero attached hydrogens (tertiary/aromatic N) is 1. The third kappa shape index (κ3) is 5.69. The van der Waals surface area contributed by atoms with Gasteiger partial charge in [0.15, 0.2) is 0 Å². The van der Waals surface area contributed by atoms with Crippen LogP contribution in [0, 0.1) is 0 Å². The van der Waals surface area contributed by atoms with E-state index in [4.69, 9.17) is 9.47 Å². The van der Waals surface area contributed by atoms with E-state index in [1.165, 1.54) is 13.3 Å². The van der Waals surface area contributed by atoms with Gasteiger partial charge >= 0.3 is 17.8 Å². The van der Waals surface area contributed by atoms with Crippen molar-refractivity contribution in [3.63, 3.8) is 0 Å². The van der Waals surface area contributed by atoms with Crippen LogP contribution in [0.4, 0.5) is 5.69 Å². The molecule has 0 radical (unpaired) electrons. The van der Waals surface area contributed by atoms with E-state index in [1.807, 2.05) is 30.3 Å². The molecule has 4 aromatic carbocycles. The van der Waals surface area contributed by atoms with Crippen molar-refractivity contribution in [3.05, 3.63) is 102 Å². The first-order chi connectivity index (χ1) is 17.0. The Hall–Kier alpha value is -4.98. The summed E-state index contributed by atoms with van der Waals surface area (Å²) in [6, 6.07) is 26.0. The van der Waals surface area contributed by atoms with E-state index >= 15 is 0 Å². The van der Waals surface area contributed by atoms with Gasteiger partial charge in [0.1, 0.15) is 11.5 Å². The fourth-order valence-electron chi connectivity index (χ4n) is 3.30. The molecule has 0 unspecified atom stereocenters. The zero-order chi connectivity index (χ0) is 24.6. The molecule has 0 aliphatic heterocycles. The number of rotatable bonds is 6.